The van der Waals surface area contributed by atoms with Gasteiger partial charge in [0.05, 0.1) is 11.8 Å². The third kappa shape index (κ3) is 4.45. The van der Waals surface area contributed by atoms with E-state index in [-0.39, 0.29) is 6.10 Å². The van der Waals surface area contributed by atoms with Crippen LogP contribution < -0.4 is 10.6 Å². The van der Waals surface area contributed by atoms with Gasteiger partial charge in [-0.3, -0.25) is 0 Å². The van der Waals surface area contributed by atoms with Crippen LogP contribution >= 0.6 is 0 Å². The first-order chi connectivity index (χ1) is 11.7. The number of nitrogens with zero attached hydrogens (tertiary/aromatic N) is 2. The van der Waals surface area contributed by atoms with Crippen LogP contribution in [0.4, 0.5) is 11.8 Å². The fraction of sp³-hybridized carbons (Fsp3) is 0.474. The highest BCUT2D eigenvalue weighted by Crippen LogP contribution is 2.22. The average Bonchev–Trinajstić information content (AvgIpc) is 3.14. The molecule has 2 atom stereocenters. The van der Waals surface area contributed by atoms with Crippen molar-refractivity contribution >= 4 is 11.8 Å². The molecule has 1 aromatic heterocycles. The van der Waals surface area contributed by atoms with Gasteiger partial charge in [-0.05, 0) is 26.2 Å². The van der Waals surface area contributed by atoms with Gasteiger partial charge in [0.15, 0.2) is 0 Å². The summed E-state index contributed by atoms with van der Waals surface area (Å²) < 4.78 is 5.67. The minimum absolute atomic E-state index is 0.264. The lowest BCUT2D eigenvalue weighted by Crippen LogP contribution is -2.21. The SMILES string of the molecule is CCC(C)Nc1cc(-c2ccccc2)nc(NCC2CCCO2)n1. The van der Waals surface area contributed by atoms with Crippen LogP contribution in [-0.4, -0.2) is 35.3 Å². The van der Waals surface area contributed by atoms with Gasteiger partial charge in [0.25, 0.3) is 0 Å². The highest BCUT2D eigenvalue weighted by atomic mass is 16.5. The molecule has 2 aromatic rings. The summed E-state index contributed by atoms with van der Waals surface area (Å²) in [6.07, 6.45) is 3.55. The predicted molar refractivity (Wildman–Crippen MR) is 98.3 cm³/mol. The molecule has 1 aromatic carbocycles. The first-order valence-corrected chi connectivity index (χ1v) is 8.81. The van der Waals surface area contributed by atoms with E-state index >= 15 is 0 Å². The summed E-state index contributed by atoms with van der Waals surface area (Å²) in [5.41, 5.74) is 2.01. The number of rotatable bonds is 7. The Morgan fingerprint density at radius 1 is 1.25 bits per heavy atom. The van der Waals surface area contributed by atoms with Gasteiger partial charge in [-0.2, -0.15) is 4.98 Å². The second-order valence-corrected chi connectivity index (χ2v) is 6.30. The Labute approximate surface area is 143 Å². The molecule has 2 unspecified atom stereocenters. The first kappa shape index (κ1) is 16.7. The highest BCUT2D eigenvalue weighted by molar-refractivity contribution is 5.64. The van der Waals surface area contributed by atoms with Crippen molar-refractivity contribution in [1.82, 2.24) is 9.97 Å². The summed E-state index contributed by atoms with van der Waals surface area (Å²) in [5, 5.41) is 6.79. The van der Waals surface area contributed by atoms with Gasteiger partial charge >= 0.3 is 0 Å². The number of hydrogen-bond acceptors (Lipinski definition) is 5. The molecule has 5 heteroatoms. The van der Waals surface area contributed by atoms with Crippen LogP contribution in [-0.2, 0) is 4.74 Å². The van der Waals surface area contributed by atoms with Gasteiger partial charge in [0, 0.05) is 30.8 Å². The molecule has 1 aliphatic heterocycles. The lowest BCUT2D eigenvalue weighted by molar-refractivity contribution is 0.120. The van der Waals surface area contributed by atoms with Crippen molar-refractivity contribution in [3.8, 4) is 11.3 Å². The van der Waals surface area contributed by atoms with E-state index in [0.717, 1.165) is 49.5 Å². The molecule has 1 fully saturated rings. The van der Waals surface area contributed by atoms with Crippen LogP contribution in [0.2, 0.25) is 0 Å². The van der Waals surface area contributed by atoms with E-state index in [9.17, 15) is 0 Å². The van der Waals surface area contributed by atoms with Crippen molar-refractivity contribution in [3.05, 3.63) is 36.4 Å². The number of benzene rings is 1. The zero-order valence-corrected chi connectivity index (χ0v) is 14.5. The molecule has 128 valence electrons. The number of hydrogen-bond donors (Lipinski definition) is 2. The summed E-state index contributed by atoms with van der Waals surface area (Å²) in [6, 6.07) is 12.6. The summed E-state index contributed by atoms with van der Waals surface area (Å²) >= 11 is 0. The van der Waals surface area contributed by atoms with Gasteiger partial charge in [-0.1, -0.05) is 37.3 Å². The molecule has 0 spiro atoms. The normalized spacial score (nSPS) is 18.3. The molecular weight excluding hydrogens is 300 g/mol. The van der Waals surface area contributed by atoms with Crippen LogP contribution in [0.25, 0.3) is 11.3 Å². The third-order valence-corrected chi connectivity index (χ3v) is 4.31. The Balaban J connectivity index is 1.81. The maximum absolute atomic E-state index is 5.67. The number of nitrogens with one attached hydrogen (secondary N) is 2. The van der Waals surface area contributed by atoms with Crippen LogP contribution in [0.1, 0.15) is 33.1 Å². The maximum Gasteiger partial charge on any atom is 0.225 e. The lowest BCUT2D eigenvalue weighted by atomic mass is 10.1. The van der Waals surface area contributed by atoms with Gasteiger partial charge < -0.3 is 15.4 Å². The fourth-order valence-corrected chi connectivity index (χ4v) is 2.72. The summed E-state index contributed by atoms with van der Waals surface area (Å²) in [4.78, 5) is 9.30. The summed E-state index contributed by atoms with van der Waals surface area (Å²) in [7, 11) is 0. The molecule has 0 amide bonds. The molecular formula is C19H26N4O. The van der Waals surface area contributed by atoms with E-state index in [1.54, 1.807) is 0 Å². The van der Waals surface area contributed by atoms with E-state index in [4.69, 9.17) is 4.74 Å². The van der Waals surface area contributed by atoms with E-state index < -0.39 is 0 Å². The van der Waals surface area contributed by atoms with E-state index in [0.29, 0.717) is 12.0 Å². The Morgan fingerprint density at radius 3 is 2.79 bits per heavy atom. The lowest BCUT2D eigenvalue weighted by Gasteiger charge is -2.16. The molecule has 2 N–H and O–H groups in total. The van der Waals surface area contributed by atoms with Crippen molar-refractivity contribution in [2.75, 3.05) is 23.8 Å². The Hall–Kier alpha value is -2.14. The molecule has 3 rings (SSSR count). The van der Waals surface area contributed by atoms with E-state index in [2.05, 4.69) is 46.6 Å². The second-order valence-electron chi connectivity index (χ2n) is 6.30. The van der Waals surface area contributed by atoms with E-state index in [1.165, 1.54) is 0 Å². The van der Waals surface area contributed by atoms with Crippen molar-refractivity contribution in [2.45, 2.75) is 45.3 Å². The molecule has 0 radical (unpaired) electrons. The molecule has 24 heavy (non-hydrogen) atoms. The Morgan fingerprint density at radius 2 is 2.08 bits per heavy atom. The minimum Gasteiger partial charge on any atom is -0.376 e. The number of ether oxygens (including phenoxy) is 1. The van der Waals surface area contributed by atoms with Gasteiger partial charge in [-0.25, -0.2) is 4.98 Å². The van der Waals surface area contributed by atoms with Crippen LogP contribution in [0.3, 0.4) is 0 Å². The third-order valence-electron chi connectivity index (χ3n) is 4.31. The second kappa shape index (κ2) is 8.11. The highest BCUT2D eigenvalue weighted by Gasteiger charge is 2.16. The van der Waals surface area contributed by atoms with Gasteiger partial charge in [0.1, 0.15) is 5.82 Å². The summed E-state index contributed by atoms with van der Waals surface area (Å²) in [6.45, 7) is 5.93. The molecule has 5 nitrogen and oxygen atoms in total. The van der Waals surface area contributed by atoms with Crippen molar-refractivity contribution in [2.24, 2.45) is 0 Å². The van der Waals surface area contributed by atoms with Crippen LogP contribution in [0, 0.1) is 0 Å². The zero-order chi connectivity index (χ0) is 16.8. The average molecular weight is 326 g/mol. The maximum atomic E-state index is 5.67. The van der Waals surface area contributed by atoms with Crippen molar-refractivity contribution in [1.29, 1.82) is 0 Å². The number of aromatic nitrogens is 2. The Kier molecular flexibility index (Phi) is 5.64. The quantitative estimate of drug-likeness (QED) is 0.807. The molecule has 1 aliphatic rings. The standard InChI is InChI=1S/C19H26N4O/c1-3-14(2)21-18-12-17(15-8-5-4-6-9-15)22-19(23-18)20-13-16-10-7-11-24-16/h4-6,8-9,12,14,16H,3,7,10-11,13H2,1-2H3,(H2,20,21,22,23). The smallest absolute Gasteiger partial charge is 0.225 e. The predicted octanol–water partition coefficient (Wildman–Crippen LogP) is 3.94. The fourth-order valence-electron chi connectivity index (χ4n) is 2.72. The molecule has 1 saturated heterocycles. The summed E-state index contributed by atoms with van der Waals surface area (Å²) in [5.74, 6) is 1.51. The molecule has 0 saturated carbocycles. The van der Waals surface area contributed by atoms with Crippen molar-refractivity contribution in [3.63, 3.8) is 0 Å². The first-order valence-electron chi connectivity index (χ1n) is 8.81. The molecule has 0 bridgehead atoms. The minimum atomic E-state index is 0.264. The van der Waals surface area contributed by atoms with Crippen molar-refractivity contribution < 1.29 is 4.74 Å². The van der Waals surface area contributed by atoms with Crippen LogP contribution in [0.15, 0.2) is 36.4 Å². The molecule has 0 aliphatic carbocycles. The zero-order valence-electron chi connectivity index (χ0n) is 14.5. The number of anilines is 2. The largest absolute Gasteiger partial charge is 0.376 e. The van der Waals surface area contributed by atoms with E-state index in [1.807, 2.05) is 24.3 Å². The Bertz CT molecular complexity index is 641. The van der Waals surface area contributed by atoms with Gasteiger partial charge in [-0.15, -0.1) is 0 Å². The monoisotopic (exact) mass is 326 g/mol. The topological polar surface area (TPSA) is 59.1 Å². The van der Waals surface area contributed by atoms with Crippen LogP contribution in [0.5, 0.6) is 0 Å². The molecule has 2 heterocycles. The van der Waals surface area contributed by atoms with Gasteiger partial charge in [0.2, 0.25) is 5.95 Å².